The lowest BCUT2D eigenvalue weighted by Crippen LogP contribution is -2.40. The number of carbonyl (C=O) groups is 2. The molecule has 1 aromatic rings. The first-order valence-corrected chi connectivity index (χ1v) is 6.76. The summed E-state index contributed by atoms with van der Waals surface area (Å²) in [6.07, 6.45) is 0.711. The van der Waals surface area contributed by atoms with E-state index in [1.165, 1.54) is 24.3 Å². The number of urea groups is 1. The fourth-order valence-corrected chi connectivity index (χ4v) is 1.48. The number of anilines is 1. The Kier molecular flexibility index (Phi) is 7.81. The quantitative estimate of drug-likeness (QED) is 0.636. The van der Waals surface area contributed by atoms with Crippen LogP contribution < -0.4 is 16.0 Å². The summed E-state index contributed by atoms with van der Waals surface area (Å²) in [5.41, 5.74) is 0.473. The Morgan fingerprint density at radius 2 is 1.90 bits per heavy atom. The van der Waals surface area contributed by atoms with E-state index in [2.05, 4.69) is 16.0 Å². The minimum atomic E-state index is -0.416. The first-order chi connectivity index (χ1) is 10.1. The molecule has 21 heavy (non-hydrogen) atoms. The van der Waals surface area contributed by atoms with Crippen LogP contribution in [0.5, 0.6) is 0 Å². The van der Waals surface area contributed by atoms with Gasteiger partial charge < -0.3 is 20.7 Å². The fourth-order valence-electron chi connectivity index (χ4n) is 1.48. The zero-order chi connectivity index (χ0) is 15.5. The standard InChI is InChI=1S/C14H20FN3O3/c1-2-21-9-3-8-16-14(20)17-10-13(19)18-12-6-4-11(15)5-7-12/h4-7H,2-3,8-10H2,1H3,(H,18,19)(H2,16,17,20). The lowest BCUT2D eigenvalue weighted by molar-refractivity contribution is -0.115. The second-order valence-corrected chi connectivity index (χ2v) is 4.22. The molecule has 0 aromatic heterocycles. The molecule has 0 fully saturated rings. The number of amides is 3. The first kappa shape index (κ1) is 16.9. The molecular weight excluding hydrogens is 277 g/mol. The van der Waals surface area contributed by atoms with Crippen molar-refractivity contribution >= 4 is 17.6 Å². The monoisotopic (exact) mass is 297 g/mol. The van der Waals surface area contributed by atoms with Crippen LogP contribution in [0.15, 0.2) is 24.3 Å². The van der Waals surface area contributed by atoms with Gasteiger partial charge in [0.1, 0.15) is 5.82 Å². The molecule has 1 aromatic carbocycles. The number of carbonyl (C=O) groups excluding carboxylic acids is 2. The average molecular weight is 297 g/mol. The van der Waals surface area contributed by atoms with Crippen LogP contribution in [0.2, 0.25) is 0 Å². The molecular formula is C14H20FN3O3. The summed E-state index contributed by atoms with van der Waals surface area (Å²) in [7, 11) is 0. The molecule has 0 aliphatic carbocycles. The van der Waals surface area contributed by atoms with E-state index in [0.717, 1.165) is 0 Å². The molecule has 0 heterocycles. The van der Waals surface area contributed by atoms with Gasteiger partial charge in [0.15, 0.2) is 0 Å². The average Bonchev–Trinajstić information content (AvgIpc) is 2.47. The van der Waals surface area contributed by atoms with Crippen molar-refractivity contribution in [2.45, 2.75) is 13.3 Å². The maximum Gasteiger partial charge on any atom is 0.315 e. The van der Waals surface area contributed by atoms with E-state index in [1.54, 1.807) is 0 Å². The highest BCUT2D eigenvalue weighted by molar-refractivity contribution is 5.94. The van der Waals surface area contributed by atoms with Gasteiger partial charge in [-0.2, -0.15) is 0 Å². The SMILES string of the molecule is CCOCCCNC(=O)NCC(=O)Nc1ccc(F)cc1. The minimum absolute atomic E-state index is 0.158. The minimum Gasteiger partial charge on any atom is -0.382 e. The second kappa shape index (κ2) is 9.71. The van der Waals surface area contributed by atoms with Crippen molar-refractivity contribution < 1.29 is 18.7 Å². The normalized spacial score (nSPS) is 10.0. The zero-order valence-corrected chi connectivity index (χ0v) is 11.9. The Morgan fingerprint density at radius 1 is 1.19 bits per heavy atom. The summed E-state index contributed by atoms with van der Waals surface area (Å²) in [6.45, 7) is 3.46. The maximum atomic E-state index is 12.7. The molecule has 3 N–H and O–H groups in total. The van der Waals surface area contributed by atoms with Crippen LogP contribution in [0.3, 0.4) is 0 Å². The number of ether oxygens (including phenoxy) is 1. The molecule has 1 rings (SSSR count). The maximum absolute atomic E-state index is 12.7. The van der Waals surface area contributed by atoms with E-state index in [-0.39, 0.29) is 18.3 Å². The van der Waals surface area contributed by atoms with Crippen molar-refractivity contribution in [3.63, 3.8) is 0 Å². The van der Waals surface area contributed by atoms with Crippen molar-refractivity contribution in [3.05, 3.63) is 30.1 Å². The summed E-state index contributed by atoms with van der Waals surface area (Å²) in [5, 5.41) is 7.58. The molecule has 0 bridgehead atoms. The van der Waals surface area contributed by atoms with E-state index < -0.39 is 6.03 Å². The predicted octanol–water partition coefficient (Wildman–Crippen LogP) is 1.49. The number of benzene rings is 1. The zero-order valence-electron chi connectivity index (χ0n) is 11.9. The number of halogens is 1. The van der Waals surface area contributed by atoms with Gasteiger partial charge in [0.25, 0.3) is 0 Å². The van der Waals surface area contributed by atoms with Gasteiger partial charge in [0.05, 0.1) is 6.54 Å². The summed E-state index contributed by atoms with van der Waals surface area (Å²) in [6, 6.07) is 4.96. The molecule has 0 saturated carbocycles. The molecule has 0 spiro atoms. The molecule has 0 aliphatic heterocycles. The van der Waals surface area contributed by atoms with Crippen molar-refractivity contribution in [2.24, 2.45) is 0 Å². The van der Waals surface area contributed by atoms with E-state index in [1.807, 2.05) is 6.92 Å². The van der Waals surface area contributed by atoms with Crippen LogP contribution >= 0.6 is 0 Å². The van der Waals surface area contributed by atoms with Gasteiger partial charge in [0, 0.05) is 25.4 Å². The Morgan fingerprint density at radius 3 is 2.57 bits per heavy atom. The van der Waals surface area contributed by atoms with Crippen LogP contribution in [0.25, 0.3) is 0 Å². The van der Waals surface area contributed by atoms with Crippen molar-refractivity contribution in [1.82, 2.24) is 10.6 Å². The highest BCUT2D eigenvalue weighted by Crippen LogP contribution is 2.07. The van der Waals surface area contributed by atoms with Crippen molar-refractivity contribution in [1.29, 1.82) is 0 Å². The lowest BCUT2D eigenvalue weighted by atomic mass is 10.3. The topological polar surface area (TPSA) is 79.5 Å². The van der Waals surface area contributed by atoms with Gasteiger partial charge in [-0.25, -0.2) is 9.18 Å². The molecule has 3 amide bonds. The van der Waals surface area contributed by atoms with E-state index >= 15 is 0 Å². The Labute approximate surface area is 123 Å². The summed E-state index contributed by atoms with van der Waals surface area (Å²) in [4.78, 5) is 22.9. The number of rotatable bonds is 8. The summed E-state index contributed by atoms with van der Waals surface area (Å²) >= 11 is 0. The Balaban J connectivity index is 2.14. The third kappa shape index (κ3) is 7.88. The van der Waals surface area contributed by atoms with E-state index in [4.69, 9.17) is 4.74 Å². The second-order valence-electron chi connectivity index (χ2n) is 4.22. The van der Waals surface area contributed by atoms with Crippen LogP contribution in [-0.4, -0.2) is 38.2 Å². The molecule has 7 heteroatoms. The van der Waals surface area contributed by atoms with Crippen LogP contribution in [0, 0.1) is 5.82 Å². The number of hydrogen-bond acceptors (Lipinski definition) is 3. The van der Waals surface area contributed by atoms with Crippen molar-refractivity contribution in [3.8, 4) is 0 Å². The van der Waals surface area contributed by atoms with E-state index in [0.29, 0.717) is 31.9 Å². The third-order valence-electron chi connectivity index (χ3n) is 2.49. The molecule has 0 atom stereocenters. The first-order valence-electron chi connectivity index (χ1n) is 6.76. The van der Waals surface area contributed by atoms with Crippen LogP contribution in [0.4, 0.5) is 14.9 Å². The fraction of sp³-hybridized carbons (Fsp3) is 0.429. The van der Waals surface area contributed by atoms with Gasteiger partial charge in [-0.3, -0.25) is 4.79 Å². The number of nitrogens with one attached hydrogen (secondary N) is 3. The predicted molar refractivity (Wildman–Crippen MR) is 77.5 cm³/mol. The van der Waals surface area contributed by atoms with Crippen LogP contribution in [-0.2, 0) is 9.53 Å². The van der Waals surface area contributed by atoms with Gasteiger partial charge in [-0.05, 0) is 37.6 Å². The smallest absolute Gasteiger partial charge is 0.315 e. The molecule has 116 valence electrons. The molecule has 6 nitrogen and oxygen atoms in total. The van der Waals surface area contributed by atoms with Gasteiger partial charge in [-0.15, -0.1) is 0 Å². The molecule has 0 radical (unpaired) electrons. The Hall–Kier alpha value is -2.15. The van der Waals surface area contributed by atoms with E-state index in [9.17, 15) is 14.0 Å². The highest BCUT2D eigenvalue weighted by atomic mass is 19.1. The third-order valence-corrected chi connectivity index (χ3v) is 2.49. The summed E-state index contributed by atoms with van der Waals surface area (Å²) in [5.74, 6) is -0.761. The van der Waals surface area contributed by atoms with Gasteiger partial charge in [-0.1, -0.05) is 0 Å². The highest BCUT2D eigenvalue weighted by Gasteiger charge is 2.05. The molecule has 0 aliphatic rings. The van der Waals surface area contributed by atoms with Crippen LogP contribution in [0.1, 0.15) is 13.3 Å². The largest absolute Gasteiger partial charge is 0.382 e. The van der Waals surface area contributed by atoms with Gasteiger partial charge >= 0.3 is 6.03 Å². The van der Waals surface area contributed by atoms with Crippen molar-refractivity contribution in [2.75, 3.05) is 31.6 Å². The van der Waals surface area contributed by atoms with Gasteiger partial charge in [0.2, 0.25) is 5.91 Å². The number of hydrogen-bond donors (Lipinski definition) is 3. The molecule has 0 unspecified atom stereocenters. The summed E-state index contributed by atoms with van der Waals surface area (Å²) < 4.78 is 17.8. The lowest BCUT2D eigenvalue weighted by Gasteiger charge is -2.08. The Bertz CT molecular complexity index is 451. The molecule has 0 saturated heterocycles.